The van der Waals surface area contributed by atoms with Crippen molar-refractivity contribution >= 4 is 5.96 Å². The SMILES string of the molecule is CCNC(=NCC1CCN(CCOC)CC1)NCCCOCC1CCCO1. The Bertz CT molecular complexity index is 395. The van der Waals surface area contributed by atoms with E-state index in [0.717, 1.165) is 84.5 Å². The molecular weight excluding hydrogens is 344 g/mol. The van der Waals surface area contributed by atoms with Crippen LogP contribution in [0.1, 0.15) is 39.0 Å². The van der Waals surface area contributed by atoms with Crippen LogP contribution in [-0.2, 0) is 14.2 Å². The molecule has 158 valence electrons. The summed E-state index contributed by atoms with van der Waals surface area (Å²) >= 11 is 0. The molecule has 0 aliphatic carbocycles. The molecule has 0 spiro atoms. The average molecular weight is 385 g/mol. The number of methoxy groups -OCH3 is 1. The molecule has 1 unspecified atom stereocenters. The molecule has 0 aromatic carbocycles. The van der Waals surface area contributed by atoms with Crippen molar-refractivity contribution < 1.29 is 14.2 Å². The van der Waals surface area contributed by atoms with E-state index in [9.17, 15) is 0 Å². The van der Waals surface area contributed by atoms with Crippen LogP contribution in [0.25, 0.3) is 0 Å². The third-order valence-corrected chi connectivity index (χ3v) is 5.26. The summed E-state index contributed by atoms with van der Waals surface area (Å²) in [5, 5.41) is 6.77. The summed E-state index contributed by atoms with van der Waals surface area (Å²) in [6, 6.07) is 0. The fourth-order valence-electron chi connectivity index (χ4n) is 3.55. The van der Waals surface area contributed by atoms with E-state index < -0.39 is 0 Å². The minimum absolute atomic E-state index is 0.317. The molecule has 7 heteroatoms. The summed E-state index contributed by atoms with van der Waals surface area (Å²) in [5.74, 6) is 1.62. The minimum Gasteiger partial charge on any atom is -0.383 e. The van der Waals surface area contributed by atoms with E-state index in [4.69, 9.17) is 19.2 Å². The number of nitrogens with zero attached hydrogens (tertiary/aromatic N) is 2. The molecule has 0 aromatic rings. The number of aliphatic imine (C=N–C) groups is 1. The Morgan fingerprint density at radius 1 is 1.19 bits per heavy atom. The highest BCUT2D eigenvalue weighted by molar-refractivity contribution is 5.79. The number of rotatable bonds is 12. The largest absolute Gasteiger partial charge is 0.383 e. The van der Waals surface area contributed by atoms with Gasteiger partial charge in [0.15, 0.2) is 5.96 Å². The highest BCUT2D eigenvalue weighted by Gasteiger charge is 2.18. The maximum Gasteiger partial charge on any atom is 0.191 e. The molecule has 2 heterocycles. The predicted molar refractivity (Wildman–Crippen MR) is 109 cm³/mol. The van der Waals surface area contributed by atoms with Crippen molar-refractivity contribution in [3.05, 3.63) is 0 Å². The Labute approximate surface area is 165 Å². The van der Waals surface area contributed by atoms with Crippen molar-refractivity contribution in [2.75, 3.05) is 72.8 Å². The van der Waals surface area contributed by atoms with Gasteiger partial charge in [-0.2, -0.15) is 0 Å². The number of hydrogen-bond acceptors (Lipinski definition) is 5. The first kappa shape index (κ1) is 22.4. The Balaban J connectivity index is 1.55. The van der Waals surface area contributed by atoms with E-state index in [-0.39, 0.29) is 0 Å². The topological polar surface area (TPSA) is 67.4 Å². The smallest absolute Gasteiger partial charge is 0.191 e. The van der Waals surface area contributed by atoms with E-state index >= 15 is 0 Å². The van der Waals surface area contributed by atoms with Gasteiger partial charge in [-0.1, -0.05) is 0 Å². The number of ether oxygens (including phenoxy) is 3. The van der Waals surface area contributed by atoms with Gasteiger partial charge in [-0.05, 0) is 58.0 Å². The zero-order valence-electron chi connectivity index (χ0n) is 17.4. The molecule has 27 heavy (non-hydrogen) atoms. The predicted octanol–water partition coefficient (Wildman–Crippen LogP) is 1.49. The summed E-state index contributed by atoms with van der Waals surface area (Å²) < 4.78 is 16.4. The maximum atomic E-state index is 5.71. The van der Waals surface area contributed by atoms with E-state index in [1.165, 1.54) is 19.3 Å². The number of hydrogen-bond donors (Lipinski definition) is 2. The fraction of sp³-hybridized carbons (Fsp3) is 0.950. The molecule has 7 nitrogen and oxygen atoms in total. The molecule has 1 atom stereocenters. The maximum absolute atomic E-state index is 5.71. The van der Waals surface area contributed by atoms with Crippen LogP contribution in [0.3, 0.4) is 0 Å². The van der Waals surface area contributed by atoms with Crippen LogP contribution in [0.15, 0.2) is 4.99 Å². The summed E-state index contributed by atoms with van der Waals surface area (Å²) in [5.41, 5.74) is 0. The van der Waals surface area contributed by atoms with E-state index in [0.29, 0.717) is 12.0 Å². The Kier molecular flexibility index (Phi) is 11.7. The number of likely N-dealkylation sites (tertiary alicyclic amines) is 1. The van der Waals surface area contributed by atoms with Crippen LogP contribution in [0.4, 0.5) is 0 Å². The quantitative estimate of drug-likeness (QED) is 0.302. The molecule has 2 N–H and O–H groups in total. The Morgan fingerprint density at radius 3 is 2.74 bits per heavy atom. The van der Waals surface area contributed by atoms with Crippen molar-refractivity contribution in [2.45, 2.75) is 45.1 Å². The van der Waals surface area contributed by atoms with E-state index in [2.05, 4.69) is 22.5 Å². The molecule has 2 fully saturated rings. The molecule has 2 rings (SSSR count). The summed E-state index contributed by atoms with van der Waals surface area (Å²) in [6.45, 7) is 11.4. The van der Waals surface area contributed by atoms with Crippen LogP contribution in [0.2, 0.25) is 0 Å². The second kappa shape index (κ2) is 14.2. The van der Waals surface area contributed by atoms with Gasteiger partial charge in [0.05, 0.1) is 19.3 Å². The first-order chi connectivity index (χ1) is 13.3. The molecule has 0 saturated carbocycles. The number of nitrogens with one attached hydrogen (secondary N) is 2. The molecule has 0 bridgehead atoms. The third-order valence-electron chi connectivity index (χ3n) is 5.26. The molecule has 0 amide bonds. The second-order valence-corrected chi connectivity index (χ2v) is 7.49. The van der Waals surface area contributed by atoms with Crippen molar-refractivity contribution in [2.24, 2.45) is 10.9 Å². The molecule has 2 saturated heterocycles. The number of piperidine rings is 1. The van der Waals surface area contributed by atoms with E-state index in [1.807, 2.05) is 0 Å². The van der Waals surface area contributed by atoms with Crippen LogP contribution >= 0.6 is 0 Å². The van der Waals surface area contributed by atoms with Crippen LogP contribution in [-0.4, -0.2) is 89.8 Å². The summed E-state index contributed by atoms with van der Waals surface area (Å²) in [6.07, 6.45) is 6.06. The van der Waals surface area contributed by atoms with Crippen molar-refractivity contribution in [3.8, 4) is 0 Å². The third kappa shape index (κ3) is 9.74. The fourth-order valence-corrected chi connectivity index (χ4v) is 3.55. The van der Waals surface area contributed by atoms with Crippen LogP contribution in [0.5, 0.6) is 0 Å². The summed E-state index contributed by atoms with van der Waals surface area (Å²) in [7, 11) is 1.77. The van der Waals surface area contributed by atoms with Gasteiger partial charge in [-0.3, -0.25) is 4.99 Å². The second-order valence-electron chi connectivity index (χ2n) is 7.49. The minimum atomic E-state index is 0.317. The lowest BCUT2D eigenvalue weighted by atomic mass is 9.97. The molecule has 2 aliphatic heterocycles. The molecular formula is C20H40N4O3. The van der Waals surface area contributed by atoms with Crippen molar-refractivity contribution in [1.29, 1.82) is 0 Å². The Hall–Kier alpha value is -0.890. The van der Waals surface area contributed by atoms with Gasteiger partial charge in [0, 0.05) is 46.5 Å². The first-order valence-corrected chi connectivity index (χ1v) is 10.7. The van der Waals surface area contributed by atoms with Gasteiger partial charge in [-0.15, -0.1) is 0 Å². The van der Waals surface area contributed by atoms with Gasteiger partial charge in [0.1, 0.15) is 0 Å². The molecule has 0 aromatic heterocycles. The van der Waals surface area contributed by atoms with Gasteiger partial charge >= 0.3 is 0 Å². The zero-order chi connectivity index (χ0) is 19.2. The first-order valence-electron chi connectivity index (χ1n) is 10.7. The Morgan fingerprint density at radius 2 is 2.04 bits per heavy atom. The van der Waals surface area contributed by atoms with Crippen LogP contribution in [0, 0.1) is 5.92 Å². The van der Waals surface area contributed by atoms with E-state index in [1.54, 1.807) is 7.11 Å². The summed E-state index contributed by atoms with van der Waals surface area (Å²) in [4.78, 5) is 7.29. The van der Waals surface area contributed by atoms with Crippen LogP contribution < -0.4 is 10.6 Å². The lowest BCUT2D eigenvalue weighted by Crippen LogP contribution is -2.39. The highest BCUT2D eigenvalue weighted by Crippen LogP contribution is 2.17. The number of guanidine groups is 1. The van der Waals surface area contributed by atoms with Crippen molar-refractivity contribution in [3.63, 3.8) is 0 Å². The zero-order valence-corrected chi connectivity index (χ0v) is 17.4. The molecule has 0 radical (unpaired) electrons. The standard InChI is InChI=1S/C20H40N4O3/c1-3-21-20(22-9-5-13-26-17-19-6-4-14-27-19)23-16-18-7-10-24(11-8-18)12-15-25-2/h18-19H,3-17H2,1-2H3,(H2,21,22,23). The van der Waals surface area contributed by atoms with Gasteiger partial charge < -0.3 is 29.7 Å². The lowest BCUT2D eigenvalue weighted by molar-refractivity contribution is 0.0168. The average Bonchev–Trinajstić information content (AvgIpc) is 3.21. The van der Waals surface area contributed by atoms with Gasteiger partial charge in [0.2, 0.25) is 0 Å². The van der Waals surface area contributed by atoms with Gasteiger partial charge in [0.25, 0.3) is 0 Å². The normalized spacial score (nSPS) is 22.3. The van der Waals surface area contributed by atoms with Gasteiger partial charge in [-0.25, -0.2) is 0 Å². The van der Waals surface area contributed by atoms with Crippen molar-refractivity contribution in [1.82, 2.24) is 15.5 Å². The highest BCUT2D eigenvalue weighted by atomic mass is 16.5. The lowest BCUT2D eigenvalue weighted by Gasteiger charge is -2.31. The monoisotopic (exact) mass is 384 g/mol. The molecule has 2 aliphatic rings.